The number of benzene rings is 2. The lowest BCUT2D eigenvalue weighted by Gasteiger charge is -2.35. The van der Waals surface area contributed by atoms with E-state index in [2.05, 4.69) is 5.32 Å². The van der Waals surface area contributed by atoms with E-state index in [0.29, 0.717) is 34.8 Å². The molecule has 0 unspecified atom stereocenters. The zero-order valence-corrected chi connectivity index (χ0v) is 18.9. The van der Waals surface area contributed by atoms with E-state index in [1.807, 2.05) is 4.90 Å². The van der Waals surface area contributed by atoms with Crippen LogP contribution in [0.25, 0.3) is 0 Å². The Kier molecular flexibility index (Phi) is 7.26. The first-order valence-corrected chi connectivity index (χ1v) is 11.9. The minimum Gasteiger partial charge on any atom is -0.349 e. The third kappa shape index (κ3) is 5.21. The first-order chi connectivity index (χ1) is 15.5. The highest BCUT2D eigenvalue weighted by Crippen LogP contribution is 2.27. The summed E-state index contributed by atoms with van der Waals surface area (Å²) in [6, 6.07) is 13.5. The van der Waals surface area contributed by atoms with E-state index in [1.54, 1.807) is 48.5 Å². The fourth-order valence-corrected chi connectivity index (χ4v) is 4.88. The molecule has 0 spiro atoms. The van der Waals surface area contributed by atoms with Gasteiger partial charge in [0.25, 0.3) is 5.91 Å². The Hall–Kier alpha value is -2.66. The fourth-order valence-electron chi connectivity index (χ4n) is 4.75. The summed E-state index contributed by atoms with van der Waals surface area (Å²) in [7, 11) is 0. The topological polar surface area (TPSA) is 66.5 Å². The maximum atomic E-state index is 13.0. The summed E-state index contributed by atoms with van der Waals surface area (Å²) in [5, 5.41) is 3.64. The molecule has 2 aromatic carbocycles. The van der Waals surface area contributed by atoms with Gasteiger partial charge in [-0.3, -0.25) is 14.4 Å². The number of carbonyl (C=O) groups is 3. The number of hydrogen-bond donors (Lipinski definition) is 1. The molecule has 0 atom stereocenters. The van der Waals surface area contributed by atoms with E-state index < -0.39 is 0 Å². The second-order valence-corrected chi connectivity index (χ2v) is 9.23. The summed E-state index contributed by atoms with van der Waals surface area (Å²) >= 11 is 5.93. The van der Waals surface area contributed by atoms with Crippen LogP contribution in [0.15, 0.2) is 48.5 Å². The van der Waals surface area contributed by atoms with Crippen LogP contribution < -0.4 is 5.32 Å². The van der Waals surface area contributed by atoms with Crippen LogP contribution in [0.4, 0.5) is 0 Å². The zero-order valence-electron chi connectivity index (χ0n) is 18.2. The van der Waals surface area contributed by atoms with E-state index in [4.69, 9.17) is 11.6 Å². The van der Waals surface area contributed by atoms with E-state index in [0.717, 1.165) is 38.5 Å². The molecule has 168 valence electrons. The molecule has 2 amide bonds. The maximum absolute atomic E-state index is 13.0. The van der Waals surface area contributed by atoms with Gasteiger partial charge in [0.15, 0.2) is 5.78 Å². The lowest BCUT2D eigenvalue weighted by molar-refractivity contribution is -0.137. The van der Waals surface area contributed by atoms with E-state index in [-0.39, 0.29) is 29.6 Å². The van der Waals surface area contributed by atoms with Gasteiger partial charge in [0.2, 0.25) is 5.91 Å². The highest BCUT2D eigenvalue weighted by Gasteiger charge is 2.30. The number of nitrogens with zero attached hydrogens (tertiary/aromatic N) is 1. The highest BCUT2D eigenvalue weighted by atomic mass is 35.5. The van der Waals surface area contributed by atoms with Crippen molar-refractivity contribution in [2.75, 3.05) is 13.1 Å². The van der Waals surface area contributed by atoms with E-state index in [9.17, 15) is 14.4 Å². The van der Waals surface area contributed by atoms with Gasteiger partial charge >= 0.3 is 0 Å². The molecule has 1 N–H and O–H groups in total. The van der Waals surface area contributed by atoms with Crippen LogP contribution in [0, 0.1) is 5.92 Å². The second-order valence-electron chi connectivity index (χ2n) is 8.79. The Morgan fingerprint density at radius 3 is 2.09 bits per heavy atom. The lowest BCUT2D eigenvalue weighted by atomic mass is 9.87. The van der Waals surface area contributed by atoms with Crippen molar-refractivity contribution in [2.24, 2.45) is 5.92 Å². The zero-order chi connectivity index (χ0) is 22.5. The predicted molar refractivity (Wildman–Crippen MR) is 125 cm³/mol. The summed E-state index contributed by atoms with van der Waals surface area (Å²) in [6.45, 7) is 1.34. The molecule has 6 heteroatoms. The van der Waals surface area contributed by atoms with Crippen LogP contribution in [0.2, 0.25) is 5.02 Å². The van der Waals surface area contributed by atoms with Crippen LogP contribution in [0.5, 0.6) is 0 Å². The molecule has 1 saturated heterocycles. The van der Waals surface area contributed by atoms with E-state index >= 15 is 0 Å². The molecule has 2 aliphatic rings. The molecule has 4 rings (SSSR count). The van der Waals surface area contributed by atoms with Crippen LogP contribution in [0.1, 0.15) is 71.2 Å². The molecular weight excluding hydrogens is 424 g/mol. The second kappa shape index (κ2) is 10.3. The van der Waals surface area contributed by atoms with Crippen molar-refractivity contribution in [3.05, 3.63) is 70.2 Å². The molecule has 5 nitrogen and oxygen atoms in total. The average Bonchev–Trinajstić information content (AvgIpc) is 2.84. The number of hydrogen-bond acceptors (Lipinski definition) is 3. The molecule has 2 aromatic rings. The molecular formula is C26H29ClN2O3. The van der Waals surface area contributed by atoms with Gasteiger partial charge in [-0.2, -0.15) is 0 Å². The molecule has 1 saturated carbocycles. The van der Waals surface area contributed by atoms with Gasteiger partial charge in [-0.25, -0.2) is 0 Å². The number of nitrogens with one attached hydrogen (secondary N) is 1. The number of ketones is 1. The smallest absolute Gasteiger partial charge is 0.252 e. The third-order valence-corrected chi connectivity index (χ3v) is 6.87. The number of carbonyl (C=O) groups excluding carboxylic acids is 3. The molecule has 2 fully saturated rings. The van der Waals surface area contributed by atoms with Gasteiger partial charge < -0.3 is 10.2 Å². The Labute approximate surface area is 194 Å². The van der Waals surface area contributed by atoms with E-state index in [1.165, 1.54) is 6.42 Å². The number of halogens is 1. The van der Waals surface area contributed by atoms with Crippen molar-refractivity contribution < 1.29 is 14.4 Å². The fraction of sp³-hybridized carbons (Fsp3) is 0.423. The summed E-state index contributed by atoms with van der Waals surface area (Å²) in [6.07, 6.45) is 7.02. The number of rotatable bonds is 5. The summed E-state index contributed by atoms with van der Waals surface area (Å²) in [5.74, 6) is 0.00863. The third-order valence-electron chi connectivity index (χ3n) is 6.62. The van der Waals surface area contributed by atoms with Crippen molar-refractivity contribution in [3.8, 4) is 0 Å². The van der Waals surface area contributed by atoms with Crippen LogP contribution in [-0.2, 0) is 4.79 Å². The summed E-state index contributed by atoms with van der Waals surface area (Å²) < 4.78 is 0. The minimum atomic E-state index is -0.250. The Bertz CT molecular complexity index is 975. The normalized spacial score (nSPS) is 17.7. The first-order valence-electron chi connectivity index (χ1n) is 11.5. The Morgan fingerprint density at radius 1 is 0.812 bits per heavy atom. The van der Waals surface area contributed by atoms with Gasteiger partial charge in [0, 0.05) is 41.2 Å². The van der Waals surface area contributed by atoms with Gasteiger partial charge in [-0.1, -0.05) is 49.1 Å². The van der Waals surface area contributed by atoms with Crippen LogP contribution in [0.3, 0.4) is 0 Å². The Balaban J connectivity index is 1.37. The number of amides is 2. The Morgan fingerprint density at radius 2 is 1.44 bits per heavy atom. The van der Waals surface area contributed by atoms with Crippen molar-refractivity contribution in [1.29, 1.82) is 0 Å². The molecule has 1 aliphatic carbocycles. The number of piperidine rings is 1. The highest BCUT2D eigenvalue weighted by molar-refractivity contribution is 6.30. The quantitative estimate of drug-likeness (QED) is 0.658. The van der Waals surface area contributed by atoms with Crippen molar-refractivity contribution in [2.45, 2.75) is 51.0 Å². The standard InChI is InChI=1S/C26H29ClN2O3/c27-20-12-10-18(11-13-20)24(30)22-8-4-5-9-23(22)25(31)28-21-14-16-29(17-15-21)26(32)19-6-2-1-3-7-19/h4-5,8-13,19,21H,1-3,6-7,14-17H2,(H,28,31). The maximum Gasteiger partial charge on any atom is 0.252 e. The predicted octanol–water partition coefficient (Wildman–Crippen LogP) is 4.87. The SMILES string of the molecule is O=C(NC1CCN(C(=O)C2CCCCC2)CC1)c1ccccc1C(=O)c1ccc(Cl)cc1. The molecule has 0 radical (unpaired) electrons. The molecule has 0 bridgehead atoms. The van der Waals surface area contributed by atoms with Gasteiger partial charge in [0.1, 0.15) is 0 Å². The summed E-state index contributed by atoms with van der Waals surface area (Å²) in [5.41, 5.74) is 1.23. The van der Waals surface area contributed by atoms with Gasteiger partial charge in [-0.05, 0) is 56.0 Å². The van der Waals surface area contributed by atoms with Crippen LogP contribution >= 0.6 is 11.6 Å². The monoisotopic (exact) mass is 452 g/mol. The minimum absolute atomic E-state index is 0.00315. The van der Waals surface area contributed by atoms with Gasteiger partial charge in [0.05, 0.1) is 5.56 Å². The van der Waals surface area contributed by atoms with Crippen LogP contribution in [-0.4, -0.2) is 41.6 Å². The molecule has 1 heterocycles. The lowest BCUT2D eigenvalue weighted by Crippen LogP contribution is -2.48. The van der Waals surface area contributed by atoms with Crippen molar-refractivity contribution in [1.82, 2.24) is 10.2 Å². The van der Waals surface area contributed by atoms with Gasteiger partial charge in [-0.15, -0.1) is 0 Å². The molecule has 1 aliphatic heterocycles. The van der Waals surface area contributed by atoms with Crippen molar-refractivity contribution >= 4 is 29.2 Å². The molecule has 0 aromatic heterocycles. The average molecular weight is 453 g/mol. The first kappa shape index (κ1) is 22.5. The largest absolute Gasteiger partial charge is 0.349 e. The number of likely N-dealkylation sites (tertiary alicyclic amines) is 1. The van der Waals surface area contributed by atoms with Crippen molar-refractivity contribution in [3.63, 3.8) is 0 Å². The summed E-state index contributed by atoms with van der Waals surface area (Å²) in [4.78, 5) is 40.7. The molecule has 32 heavy (non-hydrogen) atoms.